The maximum atomic E-state index is 4.65. The average Bonchev–Trinajstić information content (AvgIpc) is 3.11. The molecule has 2 aliphatic heterocycles. The highest BCUT2D eigenvalue weighted by Gasteiger charge is 2.43. The summed E-state index contributed by atoms with van der Waals surface area (Å²) in [5.41, 5.74) is 2.27. The van der Waals surface area contributed by atoms with Crippen molar-refractivity contribution in [3.8, 4) is 0 Å². The van der Waals surface area contributed by atoms with E-state index in [-0.39, 0.29) is 0 Å². The highest BCUT2D eigenvalue weighted by Crippen LogP contribution is 2.34. The minimum absolute atomic E-state index is 0.548. The Kier molecular flexibility index (Phi) is 3.50. The van der Waals surface area contributed by atoms with E-state index in [0.717, 1.165) is 31.3 Å². The SMILES string of the molecule is Cc1cccc(CN2CC[C@H]3[C@@H]2CCN3c2ncccn2)n1. The Labute approximate surface area is 131 Å². The van der Waals surface area contributed by atoms with Crippen LogP contribution in [0.1, 0.15) is 24.2 Å². The minimum Gasteiger partial charge on any atom is -0.336 e. The number of rotatable bonds is 3. The van der Waals surface area contributed by atoms with Crippen molar-refractivity contribution in [3.63, 3.8) is 0 Å². The second-order valence-electron chi connectivity index (χ2n) is 6.20. The summed E-state index contributed by atoms with van der Waals surface area (Å²) in [6.45, 7) is 5.19. The second kappa shape index (κ2) is 5.65. The van der Waals surface area contributed by atoms with E-state index in [1.165, 1.54) is 18.5 Å². The van der Waals surface area contributed by atoms with Gasteiger partial charge in [-0.3, -0.25) is 9.88 Å². The van der Waals surface area contributed by atoms with Gasteiger partial charge in [0.1, 0.15) is 0 Å². The van der Waals surface area contributed by atoms with Crippen molar-refractivity contribution < 1.29 is 0 Å². The van der Waals surface area contributed by atoms with Gasteiger partial charge >= 0.3 is 0 Å². The highest BCUT2D eigenvalue weighted by atomic mass is 15.4. The molecular formula is C17H21N5. The van der Waals surface area contributed by atoms with E-state index >= 15 is 0 Å². The number of aromatic nitrogens is 3. The fourth-order valence-corrected chi connectivity index (χ4v) is 3.86. The second-order valence-corrected chi connectivity index (χ2v) is 6.20. The lowest BCUT2D eigenvalue weighted by atomic mass is 10.1. The summed E-state index contributed by atoms with van der Waals surface area (Å²) in [5, 5.41) is 0. The molecule has 22 heavy (non-hydrogen) atoms. The summed E-state index contributed by atoms with van der Waals surface area (Å²) in [4.78, 5) is 18.5. The molecule has 0 spiro atoms. The molecule has 2 fully saturated rings. The first-order valence-corrected chi connectivity index (χ1v) is 8.01. The number of anilines is 1. The Morgan fingerprint density at radius 1 is 1.05 bits per heavy atom. The predicted octanol–water partition coefficient (Wildman–Crippen LogP) is 2.03. The normalized spacial score (nSPS) is 24.7. The van der Waals surface area contributed by atoms with Gasteiger partial charge in [0.2, 0.25) is 5.95 Å². The Bertz CT molecular complexity index is 645. The zero-order chi connectivity index (χ0) is 14.9. The third-order valence-corrected chi connectivity index (χ3v) is 4.81. The summed E-state index contributed by atoms with van der Waals surface area (Å²) in [6.07, 6.45) is 6.04. The van der Waals surface area contributed by atoms with Crippen LogP contribution in [0.3, 0.4) is 0 Å². The Hall–Kier alpha value is -2.01. The molecule has 0 bridgehead atoms. The molecule has 5 heteroatoms. The largest absolute Gasteiger partial charge is 0.336 e. The fourth-order valence-electron chi connectivity index (χ4n) is 3.86. The quantitative estimate of drug-likeness (QED) is 0.867. The van der Waals surface area contributed by atoms with Crippen LogP contribution in [-0.2, 0) is 6.54 Å². The van der Waals surface area contributed by atoms with E-state index in [1.807, 2.05) is 18.5 Å². The van der Waals surface area contributed by atoms with Gasteiger partial charge in [-0.15, -0.1) is 0 Å². The van der Waals surface area contributed by atoms with Crippen LogP contribution in [0.25, 0.3) is 0 Å². The van der Waals surface area contributed by atoms with Crippen molar-refractivity contribution in [3.05, 3.63) is 48.0 Å². The van der Waals surface area contributed by atoms with E-state index in [9.17, 15) is 0 Å². The van der Waals surface area contributed by atoms with Crippen LogP contribution in [0.2, 0.25) is 0 Å². The number of likely N-dealkylation sites (tertiary alicyclic amines) is 1. The Morgan fingerprint density at radius 3 is 2.68 bits per heavy atom. The molecule has 0 amide bonds. The number of hydrogen-bond acceptors (Lipinski definition) is 5. The van der Waals surface area contributed by atoms with Gasteiger partial charge in [0, 0.05) is 49.8 Å². The third kappa shape index (κ3) is 2.46. The molecule has 2 aromatic heterocycles. The third-order valence-electron chi connectivity index (χ3n) is 4.81. The van der Waals surface area contributed by atoms with Crippen molar-refractivity contribution >= 4 is 5.95 Å². The first-order valence-electron chi connectivity index (χ1n) is 8.01. The first-order chi connectivity index (χ1) is 10.8. The van der Waals surface area contributed by atoms with Crippen molar-refractivity contribution in [2.24, 2.45) is 0 Å². The van der Waals surface area contributed by atoms with Gasteiger partial charge in [-0.05, 0) is 38.0 Å². The van der Waals surface area contributed by atoms with Crippen LogP contribution >= 0.6 is 0 Å². The summed E-state index contributed by atoms with van der Waals surface area (Å²) in [6, 6.07) is 9.32. The number of pyridine rings is 1. The first kappa shape index (κ1) is 13.6. The molecule has 2 saturated heterocycles. The molecule has 0 saturated carbocycles. The van der Waals surface area contributed by atoms with Gasteiger partial charge in [-0.1, -0.05) is 6.07 Å². The number of fused-ring (bicyclic) bond motifs is 1. The standard InChI is InChI=1S/C17H21N5/c1-13-4-2-5-14(20-13)12-21-10-6-16-15(21)7-11-22(16)17-18-8-3-9-19-17/h2-5,8-9,15-16H,6-7,10-12H2,1H3/t15-,16-/m0/s1. The molecular weight excluding hydrogens is 274 g/mol. The lowest BCUT2D eigenvalue weighted by Gasteiger charge is -2.25. The lowest BCUT2D eigenvalue weighted by molar-refractivity contribution is 0.243. The molecule has 0 aromatic carbocycles. The molecule has 2 aliphatic rings. The van der Waals surface area contributed by atoms with Crippen LogP contribution in [-0.4, -0.2) is 45.0 Å². The number of aryl methyl sites for hydroxylation is 1. The summed E-state index contributed by atoms with van der Waals surface area (Å²) in [7, 11) is 0. The summed E-state index contributed by atoms with van der Waals surface area (Å²) >= 11 is 0. The fraction of sp³-hybridized carbons (Fsp3) is 0.471. The molecule has 5 nitrogen and oxygen atoms in total. The lowest BCUT2D eigenvalue weighted by Crippen LogP contribution is -2.37. The highest BCUT2D eigenvalue weighted by molar-refractivity contribution is 5.35. The molecule has 0 N–H and O–H groups in total. The van der Waals surface area contributed by atoms with Crippen molar-refractivity contribution in [1.29, 1.82) is 0 Å². The molecule has 0 radical (unpaired) electrons. The zero-order valence-electron chi connectivity index (χ0n) is 12.9. The maximum Gasteiger partial charge on any atom is 0.225 e. The molecule has 114 valence electrons. The molecule has 2 aromatic rings. The predicted molar refractivity (Wildman–Crippen MR) is 85.6 cm³/mol. The van der Waals surface area contributed by atoms with Crippen molar-refractivity contribution in [2.75, 3.05) is 18.0 Å². The zero-order valence-corrected chi connectivity index (χ0v) is 12.9. The van der Waals surface area contributed by atoms with Gasteiger partial charge < -0.3 is 4.90 Å². The van der Waals surface area contributed by atoms with E-state index in [0.29, 0.717) is 12.1 Å². The Morgan fingerprint density at radius 2 is 1.86 bits per heavy atom. The maximum absolute atomic E-state index is 4.65. The van der Waals surface area contributed by atoms with Gasteiger partial charge in [0.05, 0.1) is 5.69 Å². The van der Waals surface area contributed by atoms with E-state index < -0.39 is 0 Å². The van der Waals surface area contributed by atoms with Crippen LogP contribution in [0.4, 0.5) is 5.95 Å². The molecule has 0 aliphatic carbocycles. The number of hydrogen-bond donors (Lipinski definition) is 0. The minimum atomic E-state index is 0.548. The van der Waals surface area contributed by atoms with E-state index in [2.05, 4.69) is 49.9 Å². The molecule has 4 rings (SSSR count). The van der Waals surface area contributed by atoms with Crippen LogP contribution in [0, 0.1) is 6.92 Å². The van der Waals surface area contributed by atoms with E-state index in [1.54, 1.807) is 0 Å². The Balaban J connectivity index is 1.49. The van der Waals surface area contributed by atoms with Crippen LogP contribution < -0.4 is 4.90 Å². The van der Waals surface area contributed by atoms with Gasteiger partial charge in [0.15, 0.2) is 0 Å². The van der Waals surface area contributed by atoms with Gasteiger partial charge in [0.25, 0.3) is 0 Å². The molecule has 0 unspecified atom stereocenters. The smallest absolute Gasteiger partial charge is 0.225 e. The molecule has 2 atom stereocenters. The summed E-state index contributed by atoms with van der Waals surface area (Å²) in [5.74, 6) is 0.880. The van der Waals surface area contributed by atoms with Crippen LogP contribution in [0.15, 0.2) is 36.7 Å². The van der Waals surface area contributed by atoms with E-state index in [4.69, 9.17) is 0 Å². The topological polar surface area (TPSA) is 45.2 Å². The van der Waals surface area contributed by atoms with Gasteiger partial charge in [-0.25, -0.2) is 9.97 Å². The summed E-state index contributed by atoms with van der Waals surface area (Å²) < 4.78 is 0. The number of nitrogens with zero attached hydrogens (tertiary/aromatic N) is 5. The average molecular weight is 295 g/mol. The van der Waals surface area contributed by atoms with Gasteiger partial charge in [-0.2, -0.15) is 0 Å². The van der Waals surface area contributed by atoms with Crippen molar-refractivity contribution in [1.82, 2.24) is 19.9 Å². The van der Waals surface area contributed by atoms with Crippen LogP contribution in [0.5, 0.6) is 0 Å². The monoisotopic (exact) mass is 295 g/mol. The molecule has 4 heterocycles. The van der Waals surface area contributed by atoms with Crippen molar-refractivity contribution in [2.45, 2.75) is 38.4 Å².